The van der Waals surface area contributed by atoms with Gasteiger partial charge in [-0.15, -0.1) is 15.0 Å². The molecule has 2 N–H and O–H groups in total. The number of benzene rings is 7. The largest absolute Gasteiger partial charge is 0.437 e. The summed E-state index contributed by atoms with van der Waals surface area (Å²) in [6.07, 6.45) is 0.705. The van der Waals surface area contributed by atoms with Gasteiger partial charge in [0.15, 0.2) is 11.7 Å². The van der Waals surface area contributed by atoms with Crippen LogP contribution in [0.5, 0.6) is 46.8 Å². The highest BCUT2D eigenvalue weighted by molar-refractivity contribution is 7.68. The van der Waals surface area contributed by atoms with E-state index in [1.807, 2.05) is 48.5 Å². The van der Waals surface area contributed by atoms with Gasteiger partial charge in [-0.3, -0.25) is 13.9 Å². The Morgan fingerprint density at radius 1 is 0.444 bits per heavy atom. The van der Waals surface area contributed by atoms with Crippen LogP contribution in [0, 0.1) is 0 Å². The van der Waals surface area contributed by atoms with E-state index in [1.165, 1.54) is 0 Å². The summed E-state index contributed by atoms with van der Waals surface area (Å²) in [5.41, 5.74) is 4.12. The molecule has 7 aromatic carbocycles. The van der Waals surface area contributed by atoms with Crippen molar-refractivity contribution in [3.63, 3.8) is 0 Å². The highest BCUT2D eigenvalue weighted by Crippen LogP contribution is 2.63. The number of carbonyl (C=O) groups excluding carboxylic acids is 1. The van der Waals surface area contributed by atoms with Crippen LogP contribution >= 0.6 is 14.7 Å². The summed E-state index contributed by atoms with van der Waals surface area (Å²) in [6.45, 7) is 0. The number of aliphatic hydroxyl groups excluding tert-OH is 2. The molecule has 0 aliphatic carbocycles. The summed E-state index contributed by atoms with van der Waals surface area (Å²) in [5, 5.41) is 24.0. The summed E-state index contributed by atoms with van der Waals surface area (Å²) >= 11 is 0. The molecule has 0 bridgehead atoms. The Bertz CT molecular complexity index is 2950. The average Bonchev–Trinajstić information content (AvgIpc) is 3.32. The summed E-state index contributed by atoms with van der Waals surface area (Å²) in [5.74, 6) is -1.35. The molecule has 4 unspecified atom stereocenters. The summed E-state index contributed by atoms with van der Waals surface area (Å²) in [7, 11) is -7.73. The van der Waals surface area contributed by atoms with Crippen molar-refractivity contribution in [3.05, 3.63) is 187 Å². The number of aromatic nitrogens is 3. The second kappa shape index (κ2) is 16.1. The van der Waals surface area contributed by atoms with Crippen molar-refractivity contribution < 1.29 is 47.4 Å². The van der Waals surface area contributed by atoms with E-state index in [2.05, 4.69) is 15.0 Å². The first kappa shape index (κ1) is 39.7. The molecule has 2 aliphatic rings. The number of carbonyl (C=O) groups is 1. The molecule has 310 valence electrons. The van der Waals surface area contributed by atoms with Gasteiger partial charge in [0.25, 0.3) is 0 Å². The number of hydrogen-bond donors (Lipinski definition) is 2. The SMILES string of the molecule is O=Cc1ccc(Oc2nc(Oc3ccc(C(O)P4(=O)Oc5ccccc5-c5ccccc54)cc3)nc(Oc3ccc(C(O)P4(=O)Oc5ccccc5-c5ccccc54)cc3)n2)cc1. The zero-order chi connectivity index (χ0) is 43.1. The molecule has 1 aromatic heterocycles. The van der Waals surface area contributed by atoms with Crippen LogP contribution in [0.1, 0.15) is 33.2 Å². The van der Waals surface area contributed by atoms with Crippen LogP contribution in [0.25, 0.3) is 22.3 Å². The Balaban J connectivity index is 0.906. The fourth-order valence-electron chi connectivity index (χ4n) is 7.43. The lowest BCUT2D eigenvalue weighted by Crippen LogP contribution is -2.22. The highest BCUT2D eigenvalue weighted by atomic mass is 31.2. The number of fused-ring (bicyclic) bond motifs is 6. The van der Waals surface area contributed by atoms with Gasteiger partial charge in [0.1, 0.15) is 35.0 Å². The molecule has 63 heavy (non-hydrogen) atoms. The summed E-state index contributed by atoms with van der Waals surface area (Å²) in [6, 6.07) is 47.0. The first-order chi connectivity index (χ1) is 30.7. The lowest BCUT2D eigenvalue weighted by Gasteiger charge is -2.31. The van der Waals surface area contributed by atoms with Gasteiger partial charge in [0.05, 0.1) is 10.6 Å². The van der Waals surface area contributed by atoms with Crippen LogP contribution in [0.4, 0.5) is 0 Å². The van der Waals surface area contributed by atoms with Gasteiger partial charge < -0.3 is 33.5 Å². The van der Waals surface area contributed by atoms with E-state index in [0.717, 1.165) is 22.3 Å². The fourth-order valence-corrected chi connectivity index (χ4v) is 12.0. The van der Waals surface area contributed by atoms with Crippen LogP contribution < -0.4 is 33.9 Å². The fraction of sp³-hybridized carbons (Fsp3) is 0.0417. The van der Waals surface area contributed by atoms with E-state index in [0.29, 0.717) is 50.8 Å². The predicted octanol–water partition coefficient (Wildman–Crippen LogP) is 10.4. The number of aldehydes is 1. The minimum Gasteiger partial charge on any atom is -0.437 e. The van der Waals surface area contributed by atoms with E-state index >= 15 is 0 Å². The van der Waals surface area contributed by atoms with Crippen LogP contribution in [0.2, 0.25) is 0 Å². The van der Waals surface area contributed by atoms with Crippen molar-refractivity contribution in [2.45, 2.75) is 11.7 Å². The first-order valence-corrected chi connectivity index (χ1v) is 22.9. The molecule has 10 rings (SSSR count). The zero-order valence-corrected chi connectivity index (χ0v) is 34.6. The van der Waals surface area contributed by atoms with Crippen LogP contribution in [0.15, 0.2) is 170 Å². The molecule has 8 aromatic rings. The van der Waals surface area contributed by atoms with Crippen molar-refractivity contribution in [2.75, 3.05) is 0 Å². The van der Waals surface area contributed by atoms with E-state index in [4.69, 9.17) is 23.3 Å². The topological polar surface area (TPSA) is 176 Å². The van der Waals surface area contributed by atoms with Crippen molar-refractivity contribution in [3.8, 4) is 69.0 Å². The molecule has 0 radical (unpaired) electrons. The maximum Gasteiger partial charge on any atom is 0.331 e. The maximum atomic E-state index is 14.5. The molecule has 0 spiro atoms. The first-order valence-electron chi connectivity index (χ1n) is 19.6. The molecule has 0 amide bonds. The Morgan fingerprint density at radius 2 is 0.778 bits per heavy atom. The van der Waals surface area contributed by atoms with E-state index in [1.54, 1.807) is 121 Å². The minimum absolute atomic E-state index is 0.203. The lowest BCUT2D eigenvalue weighted by molar-refractivity contribution is 0.112. The quantitative estimate of drug-likeness (QED) is 0.0928. The molecule has 15 heteroatoms. The Labute approximate surface area is 360 Å². The smallest absolute Gasteiger partial charge is 0.331 e. The summed E-state index contributed by atoms with van der Waals surface area (Å²) < 4.78 is 59.2. The molecule has 4 atom stereocenters. The molecule has 13 nitrogen and oxygen atoms in total. The minimum atomic E-state index is -3.86. The maximum absolute atomic E-state index is 14.5. The third-order valence-electron chi connectivity index (χ3n) is 10.5. The Hall–Kier alpha value is -7.40. The molecular formula is C48H33N3O10P2. The van der Waals surface area contributed by atoms with E-state index in [-0.39, 0.29) is 29.5 Å². The third-order valence-corrected chi connectivity index (χ3v) is 15.5. The van der Waals surface area contributed by atoms with Crippen LogP contribution in [-0.2, 0) is 9.13 Å². The Morgan fingerprint density at radius 3 is 1.16 bits per heavy atom. The predicted molar refractivity (Wildman–Crippen MR) is 234 cm³/mol. The second-order valence-electron chi connectivity index (χ2n) is 14.5. The molecule has 0 saturated carbocycles. The average molecular weight is 874 g/mol. The number of aliphatic hydroxyl groups is 2. The number of ether oxygens (including phenoxy) is 3. The molecule has 0 saturated heterocycles. The highest BCUT2D eigenvalue weighted by Gasteiger charge is 2.44. The van der Waals surface area contributed by atoms with Gasteiger partial charge in [0, 0.05) is 16.7 Å². The summed E-state index contributed by atoms with van der Waals surface area (Å²) in [4.78, 5) is 24.2. The molecule has 3 heterocycles. The van der Waals surface area contributed by atoms with Gasteiger partial charge in [-0.25, -0.2) is 0 Å². The number of nitrogens with zero attached hydrogens (tertiary/aromatic N) is 3. The third kappa shape index (κ3) is 7.43. The van der Waals surface area contributed by atoms with Crippen molar-refractivity contribution in [1.82, 2.24) is 15.0 Å². The van der Waals surface area contributed by atoms with E-state index < -0.39 is 26.4 Å². The van der Waals surface area contributed by atoms with Crippen molar-refractivity contribution >= 4 is 31.6 Å². The normalized spacial score (nSPS) is 17.8. The van der Waals surface area contributed by atoms with Crippen molar-refractivity contribution in [2.24, 2.45) is 0 Å². The monoisotopic (exact) mass is 873 g/mol. The number of hydrogen-bond acceptors (Lipinski definition) is 13. The standard InChI is InChI=1S/C48H33N3O10P2/c52-29-30-17-23-33(24-18-30)57-46-49-47(58-34-25-19-31(20-26-34)44(53)62(55)42-15-7-3-11-38(42)36-9-1-5-13-40(36)60-62)51-48(50-46)59-35-27-21-32(22-28-35)45(54)63(56)43-16-8-4-12-39(43)37-10-2-6-14-41(37)61-63/h1-29,44-45,53-54H. The van der Waals surface area contributed by atoms with Gasteiger partial charge in [0.2, 0.25) is 0 Å². The zero-order valence-electron chi connectivity index (χ0n) is 32.8. The second-order valence-corrected chi connectivity index (χ2v) is 19.2. The molecular weight excluding hydrogens is 840 g/mol. The molecule has 0 fully saturated rings. The van der Waals surface area contributed by atoms with Crippen LogP contribution in [0.3, 0.4) is 0 Å². The van der Waals surface area contributed by atoms with Crippen molar-refractivity contribution in [1.29, 1.82) is 0 Å². The number of rotatable bonds is 11. The van der Waals surface area contributed by atoms with Gasteiger partial charge in [-0.1, -0.05) is 97.1 Å². The molecule has 2 aliphatic heterocycles. The van der Waals surface area contributed by atoms with E-state index in [9.17, 15) is 24.1 Å². The van der Waals surface area contributed by atoms with Gasteiger partial charge >= 0.3 is 32.8 Å². The van der Waals surface area contributed by atoms with Gasteiger partial charge in [-0.2, -0.15) is 0 Å². The number of para-hydroxylation sites is 2. The van der Waals surface area contributed by atoms with Gasteiger partial charge in [-0.05, 0) is 95.1 Å². The van der Waals surface area contributed by atoms with Crippen LogP contribution in [-0.4, -0.2) is 31.5 Å². The Kier molecular flexibility index (Phi) is 10.2. The lowest BCUT2D eigenvalue weighted by atomic mass is 10.0.